The molecule has 1 aromatic carbocycles. The molecule has 0 saturated heterocycles. The van der Waals surface area contributed by atoms with Gasteiger partial charge in [0.1, 0.15) is 12.3 Å². The lowest BCUT2D eigenvalue weighted by Gasteiger charge is -2.35. The molecule has 0 radical (unpaired) electrons. The molecule has 1 aromatic rings. The average Bonchev–Trinajstić information content (AvgIpc) is 2.61. The predicted molar refractivity (Wildman–Crippen MR) is 101 cm³/mol. The molecule has 2 amide bonds. The van der Waals surface area contributed by atoms with Crippen molar-refractivity contribution in [1.82, 2.24) is 5.32 Å². The van der Waals surface area contributed by atoms with Crippen molar-refractivity contribution in [3.8, 4) is 5.75 Å². The van der Waals surface area contributed by atoms with Crippen molar-refractivity contribution in [2.45, 2.75) is 53.1 Å². The van der Waals surface area contributed by atoms with Gasteiger partial charge < -0.3 is 10.1 Å². The average molecular weight is 360 g/mol. The van der Waals surface area contributed by atoms with E-state index in [9.17, 15) is 14.4 Å². The standard InChI is InChI=1S/C20H28N2O4/c1-5-7-16(23)14-8-9-17-15(11-14)22(12-18(24)21-10-6-2)20(25)19(26-17)13(3)4/h8-9,11,13,19H,5-7,10,12H2,1-4H3,(H,21,24). The second-order valence-electron chi connectivity index (χ2n) is 6.91. The molecule has 6 heteroatoms. The van der Waals surface area contributed by atoms with Crippen molar-refractivity contribution in [1.29, 1.82) is 0 Å². The fourth-order valence-corrected chi connectivity index (χ4v) is 2.88. The van der Waals surface area contributed by atoms with Crippen LogP contribution >= 0.6 is 0 Å². The third kappa shape index (κ3) is 4.42. The van der Waals surface area contributed by atoms with E-state index in [0.717, 1.165) is 12.8 Å². The smallest absolute Gasteiger partial charge is 0.268 e. The summed E-state index contributed by atoms with van der Waals surface area (Å²) in [6.07, 6.45) is 1.38. The number of Topliss-reactive ketones (excluding diaryl/α,β-unsaturated/α-hetero) is 1. The minimum absolute atomic E-state index is 0.0177. The maximum atomic E-state index is 12.9. The summed E-state index contributed by atoms with van der Waals surface area (Å²) in [5, 5.41) is 2.79. The first kappa shape index (κ1) is 19.9. The van der Waals surface area contributed by atoms with Crippen LogP contribution in [0.5, 0.6) is 5.75 Å². The van der Waals surface area contributed by atoms with E-state index in [0.29, 0.717) is 30.0 Å². The van der Waals surface area contributed by atoms with Crippen LogP contribution in [0.15, 0.2) is 18.2 Å². The molecular formula is C20H28N2O4. The van der Waals surface area contributed by atoms with E-state index in [1.165, 1.54) is 4.90 Å². The number of nitrogens with zero attached hydrogens (tertiary/aromatic N) is 1. The number of hydrogen-bond acceptors (Lipinski definition) is 4. The van der Waals surface area contributed by atoms with E-state index in [2.05, 4.69) is 5.32 Å². The van der Waals surface area contributed by atoms with Crippen molar-refractivity contribution in [2.24, 2.45) is 5.92 Å². The number of rotatable bonds is 8. The van der Waals surface area contributed by atoms with Crippen LogP contribution in [-0.2, 0) is 9.59 Å². The summed E-state index contributed by atoms with van der Waals surface area (Å²) in [6, 6.07) is 5.10. The fourth-order valence-electron chi connectivity index (χ4n) is 2.88. The van der Waals surface area contributed by atoms with Gasteiger partial charge in [0.25, 0.3) is 5.91 Å². The number of benzene rings is 1. The van der Waals surface area contributed by atoms with Crippen LogP contribution in [0.25, 0.3) is 0 Å². The molecule has 1 unspecified atom stereocenters. The molecule has 1 N–H and O–H groups in total. The molecule has 0 fully saturated rings. The summed E-state index contributed by atoms with van der Waals surface area (Å²) in [7, 11) is 0. The minimum atomic E-state index is -0.640. The number of ether oxygens (including phenoxy) is 1. The van der Waals surface area contributed by atoms with Crippen LogP contribution in [0.1, 0.15) is 57.3 Å². The van der Waals surface area contributed by atoms with Crippen molar-refractivity contribution in [3.63, 3.8) is 0 Å². The Kier molecular flexibility index (Phi) is 6.77. The van der Waals surface area contributed by atoms with E-state index in [-0.39, 0.29) is 30.1 Å². The molecule has 1 heterocycles. The molecule has 26 heavy (non-hydrogen) atoms. The molecule has 0 spiro atoms. The van der Waals surface area contributed by atoms with Gasteiger partial charge in [-0.15, -0.1) is 0 Å². The quantitative estimate of drug-likeness (QED) is 0.723. The maximum absolute atomic E-state index is 12.9. The monoisotopic (exact) mass is 360 g/mol. The summed E-state index contributed by atoms with van der Waals surface area (Å²) in [5.41, 5.74) is 1.02. The summed E-state index contributed by atoms with van der Waals surface area (Å²) >= 11 is 0. The number of carbonyl (C=O) groups excluding carboxylic acids is 3. The Balaban J connectivity index is 2.37. The van der Waals surface area contributed by atoms with Gasteiger partial charge in [0.15, 0.2) is 11.9 Å². The molecule has 0 aliphatic carbocycles. The lowest BCUT2D eigenvalue weighted by atomic mass is 10.0. The molecule has 1 aliphatic rings. The predicted octanol–water partition coefficient (Wildman–Crippen LogP) is 2.95. The Bertz CT molecular complexity index is 684. The van der Waals surface area contributed by atoms with Crippen molar-refractivity contribution in [3.05, 3.63) is 23.8 Å². The number of carbonyl (C=O) groups is 3. The van der Waals surface area contributed by atoms with Crippen molar-refractivity contribution < 1.29 is 19.1 Å². The molecule has 0 bridgehead atoms. The normalized spacial score (nSPS) is 16.3. The van der Waals surface area contributed by atoms with Crippen LogP contribution in [0, 0.1) is 5.92 Å². The highest BCUT2D eigenvalue weighted by atomic mass is 16.5. The number of anilines is 1. The first-order chi connectivity index (χ1) is 12.4. The van der Waals surface area contributed by atoms with Crippen LogP contribution in [0.4, 0.5) is 5.69 Å². The van der Waals surface area contributed by atoms with Crippen molar-refractivity contribution in [2.75, 3.05) is 18.0 Å². The number of ketones is 1. The van der Waals surface area contributed by atoms with E-state index in [1.54, 1.807) is 18.2 Å². The first-order valence-corrected chi connectivity index (χ1v) is 9.31. The summed E-state index contributed by atoms with van der Waals surface area (Å²) in [5.74, 6) is 0.0436. The molecule has 142 valence electrons. The molecule has 0 saturated carbocycles. The fraction of sp³-hybridized carbons (Fsp3) is 0.550. The van der Waals surface area contributed by atoms with E-state index in [1.807, 2.05) is 27.7 Å². The summed E-state index contributed by atoms with van der Waals surface area (Å²) < 4.78 is 5.86. The molecule has 6 nitrogen and oxygen atoms in total. The highest BCUT2D eigenvalue weighted by Crippen LogP contribution is 2.36. The number of nitrogens with one attached hydrogen (secondary N) is 1. The number of fused-ring (bicyclic) bond motifs is 1. The maximum Gasteiger partial charge on any atom is 0.268 e. The Hall–Kier alpha value is -2.37. The van der Waals surface area contributed by atoms with Gasteiger partial charge in [-0.3, -0.25) is 19.3 Å². The van der Waals surface area contributed by atoms with E-state index >= 15 is 0 Å². The lowest BCUT2D eigenvalue weighted by molar-refractivity contribution is -0.130. The van der Waals surface area contributed by atoms with Gasteiger partial charge in [0, 0.05) is 18.5 Å². The van der Waals surface area contributed by atoms with Crippen LogP contribution in [-0.4, -0.2) is 36.8 Å². The van der Waals surface area contributed by atoms with E-state index < -0.39 is 6.10 Å². The van der Waals surface area contributed by atoms with Crippen LogP contribution in [0.2, 0.25) is 0 Å². The summed E-state index contributed by atoms with van der Waals surface area (Å²) in [6.45, 7) is 8.21. The topological polar surface area (TPSA) is 75.7 Å². The highest BCUT2D eigenvalue weighted by molar-refractivity contribution is 6.05. The Morgan fingerprint density at radius 1 is 1.23 bits per heavy atom. The Labute approximate surface area is 154 Å². The zero-order valence-electron chi connectivity index (χ0n) is 16.0. The van der Waals surface area contributed by atoms with Crippen LogP contribution < -0.4 is 15.0 Å². The highest BCUT2D eigenvalue weighted by Gasteiger charge is 2.37. The zero-order valence-corrected chi connectivity index (χ0v) is 16.0. The third-order valence-corrected chi connectivity index (χ3v) is 4.29. The molecular weight excluding hydrogens is 332 g/mol. The minimum Gasteiger partial charge on any atom is -0.478 e. The van der Waals surface area contributed by atoms with Crippen molar-refractivity contribution >= 4 is 23.3 Å². The Morgan fingerprint density at radius 2 is 1.96 bits per heavy atom. The Morgan fingerprint density at radius 3 is 2.58 bits per heavy atom. The van der Waals surface area contributed by atoms with Crippen LogP contribution in [0.3, 0.4) is 0 Å². The number of amides is 2. The summed E-state index contributed by atoms with van der Waals surface area (Å²) in [4.78, 5) is 38.8. The van der Waals surface area contributed by atoms with E-state index in [4.69, 9.17) is 4.74 Å². The van der Waals surface area contributed by atoms with Gasteiger partial charge >= 0.3 is 0 Å². The van der Waals surface area contributed by atoms with Gasteiger partial charge in [0.2, 0.25) is 5.91 Å². The van der Waals surface area contributed by atoms with Gasteiger partial charge in [-0.1, -0.05) is 27.7 Å². The first-order valence-electron chi connectivity index (χ1n) is 9.31. The third-order valence-electron chi connectivity index (χ3n) is 4.29. The zero-order chi connectivity index (χ0) is 19.3. The molecule has 1 aliphatic heterocycles. The molecule has 1 atom stereocenters. The second kappa shape index (κ2) is 8.83. The molecule has 0 aromatic heterocycles. The van der Waals surface area contributed by atoms with Gasteiger partial charge in [-0.2, -0.15) is 0 Å². The number of hydrogen-bond donors (Lipinski definition) is 1. The lowest BCUT2D eigenvalue weighted by Crippen LogP contribution is -2.51. The largest absolute Gasteiger partial charge is 0.478 e. The SMILES string of the molecule is CCCNC(=O)CN1C(=O)C(C(C)C)Oc2ccc(C(=O)CCC)cc21. The second-order valence-corrected chi connectivity index (χ2v) is 6.91. The molecule has 2 rings (SSSR count). The van der Waals surface area contributed by atoms with Gasteiger partial charge in [0.05, 0.1) is 5.69 Å². The van der Waals surface area contributed by atoms with Gasteiger partial charge in [-0.05, 0) is 37.0 Å². The van der Waals surface area contributed by atoms with Gasteiger partial charge in [-0.25, -0.2) is 0 Å².